The molecule has 0 fully saturated rings. The van der Waals surface area contributed by atoms with E-state index in [1.54, 1.807) is 24.1 Å². The van der Waals surface area contributed by atoms with Gasteiger partial charge in [0.15, 0.2) is 0 Å². The molecule has 1 aromatic rings. The van der Waals surface area contributed by atoms with Crippen LogP contribution in [0.5, 0.6) is 0 Å². The Balaban J connectivity index is 0.00000529. The summed E-state index contributed by atoms with van der Waals surface area (Å²) in [4.78, 5) is 13.7. The second kappa shape index (κ2) is 10.7. The third-order valence-electron chi connectivity index (χ3n) is 3.61. The molecule has 138 valence electrons. The van der Waals surface area contributed by atoms with Gasteiger partial charge in [-0.1, -0.05) is 26.0 Å². The summed E-state index contributed by atoms with van der Waals surface area (Å²) < 4.78 is 26.9. The van der Waals surface area contributed by atoms with Crippen LogP contribution in [0, 0.1) is 0 Å². The predicted molar refractivity (Wildman–Crippen MR) is 99.1 cm³/mol. The molecule has 0 saturated carbocycles. The number of rotatable bonds is 9. The summed E-state index contributed by atoms with van der Waals surface area (Å²) in [6.45, 7) is 5.50. The highest BCUT2D eigenvalue weighted by Gasteiger charge is 2.15. The van der Waals surface area contributed by atoms with E-state index in [4.69, 9.17) is 0 Å². The summed E-state index contributed by atoms with van der Waals surface area (Å²) >= 11 is 0. The zero-order chi connectivity index (χ0) is 17.5. The van der Waals surface area contributed by atoms with Crippen molar-refractivity contribution in [2.45, 2.75) is 31.1 Å². The Hall–Kier alpha value is -1.15. The van der Waals surface area contributed by atoms with E-state index in [0.29, 0.717) is 19.0 Å². The van der Waals surface area contributed by atoms with Crippen LogP contribution in [0.2, 0.25) is 0 Å². The van der Waals surface area contributed by atoms with Crippen LogP contribution in [0.25, 0.3) is 0 Å². The highest BCUT2D eigenvalue weighted by Crippen LogP contribution is 2.17. The number of likely N-dealkylation sites (N-methyl/N-ethyl adjacent to an activating group) is 2. The number of carbonyl (C=O) groups is 1. The first-order chi connectivity index (χ1) is 10.8. The lowest BCUT2D eigenvalue weighted by Gasteiger charge is -2.17. The Labute approximate surface area is 151 Å². The molecule has 0 bridgehead atoms. The van der Waals surface area contributed by atoms with Crippen LogP contribution in [0.15, 0.2) is 29.2 Å². The lowest BCUT2D eigenvalue weighted by atomic mass is 10.0. The Kier molecular flexibility index (Phi) is 10.1. The van der Waals surface area contributed by atoms with Crippen LogP contribution < -0.4 is 10.0 Å². The lowest BCUT2D eigenvalue weighted by molar-refractivity contribution is -0.129. The first kappa shape index (κ1) is 22.9. The Morgan fingerprint density at radius 3 is 2.25 bits per heavy atom. The van der Waals surface area contributed by atoms with Crippen LogP contribution in [0.1, 0.15) is 31.7 Å². The first-order valence-corrected chi connectivity index (χ1v) is 9.24. The molecule has 0 atom stereocenters. The molecule has 0 saturated heterocycles. The maximum atomic E-state index is 12.2. The van der Waals surface area contributed by atoms with Gasteiger partial charge in [-0.2, -0.15) is 0 Å². The molecule has 0 radical (unpaired) electrons. The molecule has 0 heterocycles. The van der Waals surface area contributed by atoms with Gasteiger partial charge >= 0.3 is 0 Å². The van der Waals surface area contributed by atoms with Crippen LogP contribution in [-0.2, 0) is 14.8 Å². The summed E-state index contributed by atoms with van der Waals surface area (Å²) in [6.07, 6.45) is 0.142. The molecule has 2 N–H and O–H groups in total. The highest BCUT2D eigenvalue weighted by atomic mass is 35.5. The van der Waals surface area contributed by atoms with E-state index in [0.717, 1.165) is 5.56 Å². The minimum Gasteiger partial charge on any atom is -0.344 e. The molecule has 1 aromatic carbocycles. The van der Waals surface area contributed by atoms with Crippen molar-refractivity contribution in [3.63, 3.8) is 0 Å². The molecular weight excluding hydrogens is 350 g/mol. The van der Waals surface area contributed by atoms with E-state index in [2.05, 4.69) is 23.9 Å². The number of hydrogen-bond donors (Lipinski definition) is 2. The van der Waals surface area contributed by atoms with Crippen molar-refractivity contribution in [3.05, 3.63) is 29.8 Å². The highest BCUT2D eigenvalue weighted by molar-refractivity contribution is 7.89. The van der Waals surface area contributed by atoms with E-state index in [1.165, 1.54) is 0 Å². The maximum Gasteiger partial charge on any atom is 0.240 e. The monoisotopic (exact) mass is 377 g/mol. The van der Waals surface area contributed by atoms with Crippen LogP contribution >= 0.6 is 12.4 Å². The smallest absolute Gasteiger partial charge is 0.240 e. The Morgan fingerprint density at radius 1 is 1.17 bits per heavy atom. The zero-order valence-corrected chi connectivity index (χ0v) is 16.3. The molecule has 24 heavy (non-hydrogen) atoms. The van der Waals surface area contributed by atoms with Crippen molar-refractivity contribution in [1.29, 1.82) is 0 Å². The van der Waals surface area contributed by atoms with Gasteiger partial charge in [-0.3, -0.25) is 4.79 Å². The molecule has 0 unspecified atom stereocenters. The predicted octanol–water partition coefficient (Wildman–Crippen LogP) is 1.58. The quantitative estimate of drug-likeness (QED) is 0.684. The van der Waals surface area contributed by atoms with E-state index >= 15 is 0 Å². The van der Waals surface area contributed by atoms with Crippen molar-refractivity contribution < 1.29 is 13.2 Å². The average molecular weight is 378 g/mol. The van der Waals surface area contributed by atoms with Crippen molar-refractivity contribution >= 4 is 28.3 Å². The molecular formula is C16H28ClN3O3S. The first-order valence-electron chi connectivity index (χ1n) is 7.76. The lowest BCUT2D eigenvalue weighted by Crippen LogP contribution is -2.35. The van der Waals surface area contributed by atoms with E-state index < -0.39 is 10.0 Å². The van der Waals surface area contributed by atoms with Crippen molar-refractivity contribution in [2.24, 2.45) is 0 Å². The number of nitrogens with one attached hydrogen (secondary N) is 2. The van der Waals surface area contributed by atoms with Crippen LogP contribution in [0.4, 0.5) is 0 Å². The number of amides is 1. The van der Waals surface area contributed by atoms with Crippen LogP contribution in [-0.4, -0.2) is 53.0 Å². The van der Waals surface area contributed by atoms with Gasteiger partial charge in [0.05, 0.1) is 4.90 Å². The number of nitrogens with zero attached hydrogens (tertiary/aromatic N) is 1. The van der Waals surface area contributed by atoms with Gasteiger partial charge < -0.3 is 10.2 Å². The normalized spacial score (nSPS) is 11.2. The van der Waals surface area contributed by atoms with Gasteiger partial charge in [0.1, 0.15) is 0 Å². The number of halogens is 1. The minimum absolute atomic E-state index is 0. The fraction of sp³-hybridized carbons (Fsp3) is 0.562. The summed E-state index contributed by atoms with van der Waals surface area (Å²) in [7, 11) is -0.0505. The maximum absolute atomic E-state index is 12.2. The van der Waals surface area contributed by atoms with E-state index in [1.807, 2.05) is 19.2 Å². The SMILES string of the molecule is CNCCN(C)C(=O)CCNS(=O)(=O)c1ccc(C(C)C)cc1.Cl. The average Bonchev–Trinajstić information content (AvgIpc) is 2.52. The fourth-order valence-electron chi connectivity index (χ4n) is 2.00. The molecule has 1 amide bonds. The molecule has 0 aromatic heterocycles. The standard InChI is InChI=1S/C16H27N3O3S.ClH/c1-13(2)14-5-7-15(8-6-14)23(21,22)18-10-9-16(20)19(4)12-11-17-3;/h5-8,13,17-18H,9-12H2,1-4H3;1H. The summed E-state index contributed by atoms with van der Waals surface area (Å²) in [5.74, 6) is 0.267. The molecule has 6 nitrogen and oxygen atoms in total. The summed E-state index contributed by atoms with van der Waals surface area (Å²) in [5, 5.41) is 2.96. The second-order valence-electron chi connectivity index (χ2n) is 5.79. The number of sulfonamides is 1. The summed E-state index contributed by atoms with van der Waals surface area (Å²) in [5.41, 5.74) is 1.09. The topological polar surface area (TPSA) is 78.5 Å². The molecule has 8 heteroatoms. The molecule has 0 aliphatic rings. The largest absolute Gasteiger partial charge is 0.344 e. The van der Waals surface area contributed by atoms with Gasteiger partial charge in [0, 0.05) is 33.1 Å². The van der Waals surface area contributed by atoms with Gasteiger partial charge in [0.25, 0.3) is 0 Å². The van der Waals surface area contributed by atoms with Crippen molar-refractivity contribution in [2.75, 3.05) is 33.7 Å². The third-order valence-corrected chi connectivity index (χ3v) is 5.09. The molecule has 0 aliphatic heterocycles. The Morgan fingerprint density at radius 2 is 1.75 bits per heavy atom. The number of carbonyl (C=O) groups excluding carboxylic acids is 1. The van der Waals surface area contributed by atoms with Gasteiger partial charge in [0.2, 0.25) is 15.9 Å². The molecule has 1 rings (SSSR count). The van der Waals surface area contributed by atoms with Crippen LogP contribution in [0.3, 0.4) is 0 Å². The van der Waals surface area contributed by atoms with E-state index in [9.17, 15) is 13.2 Å². The van der Waals surface area contributed by atoms with E-state index in [-0.39, 0.29) is 36.2 Å². The fourth-order valence-corrected chi connectivity index (χ4v) is 3.03. The van der Waals surface area contributed by atoms with Gasteiger partial charge in [-0.05, 0) is 30.7 Å². The van der Waals surface area contributed by atoms with Crippen molar-refractivity contribution in [3.8, 4) is 0 Å². The molecule has 0 spiro atoms. The minimum atomic E-state index is -3.57. The third kappa shape index (κ3) is 7.17. The summed E-state index contributed by atoms with van der Waals surface area (Å²) in [6, 6.07) is 6.82. The number of hydrogen-bond acceptors (Lipinski definition) is 4. The number of benzene rings is 1. The second-order valence-corrected chi connectivity index (χ2v) is 7.56. The van der Waals surface area contributed by atoms with Gasteiger partial charge in [-0.15, -0.1) is 12.4 Å². The van der Waals surface area contributed by atoms with Crippen molar-refractivity contribution in [1.82, 2.24) is 14.9 Å². The zero-order valence-electron chi connectivity index (χ0n) is 14.7. The molecule has 0 aliphatic carbocycles. The van der Waals surface area contributed by atoms with Gasteiger partial charge in [-0.25, -0.2) is 13.1 Å². The Bertz CT molecular complexity index is 603.